The summed E-state index contributed by atoms with van der Waals surface area (Å²) in [5, 5.41) is 0.735. The van der Waals surface area contributed by atoms with Gasteiger partial charge in [-0.15, -0.1) is 0 Å². The molecule has 1 aliphatic rings. The number of nitrogens with one attached hydrogen (secondary N) is 1. The zero-order chi connectivity index (χ0) is 20.4. The molecule has 0 saturated heterocycles. The maximum atomic E-state index is 12.8. The van der Waals surface area contributed by atoms with Gasteiger partial charge in [0.1, 0.15) is 12.4 Å². The third-order valence-electron chi connectivity index (χ3n) is 4.45. The number of nitrogens with zero attached hydrogens (tertiary/aromatic N) is 1. The first-order valence-corrected chi connectivity index (χ1v) is 9.59. The third kappa shape index (κ3) is 3.77. The van der Waals surface area contributed by atoms with Gasteiger partial charge >= 0.3 is 0 Å². The van der Waals surface area contributed by atoms with Crippen LogP contribution in [0, 0.1) is 0 Å². The van der Waals surface area contributed by atoms with Crippen LogP contribution in [0.5, 0.6) is 5.75 Å². The van der Waals surface area contributed by atoms with Gasteiger partial charge in [-0.25, -0.2) is 0 Å². The van der Waals surface area contributed by atoms with Crippen LogP contribution in [0.2, 0.25) is 0 Å². The number of imide groups is 1. The molecule has 0 aromatic heterocycles. The number of hydrogen-bond acceptors (Lipinski definition) is 4. The summed E-state index contributed by atoms with van der Waals surface area (Å²) < 4.78 is 6.76. The number of carbonyl (C=O) groups is 3. The van der Waals surface area contributed by atoms with E-state index in [1.165, 1.54) is 0 Å². The zero-order valence-corrected chi connectivity index (χ0v) is 16.7. The third-order valence-corrected chi connectivity index (χ3v) is 4.98. The highest BCUT2D eigenvalue weighted by Gasteiger charge is 2.36. The van der Waals surface area contributed by atoms with Crippen molar-refractivity contribution in [3.8, 4) is 5.75 Å². The Balaban J connectivity index is 1.50. The maximum Gasteiger partial charge on any atom is 0.280 e. The van der Waals surface area contributed by atoms with Gasteiger partial charge in [0.15, 0.2) is 0 Å². The molecule has 3 aromatic rings. The summed E-state index contributed by atoms with van der Waals surface area (Å²) in [5.74, 6) is -1.38. The first kappa shape index (κ1) is 18.9. The molecule has 0 radical (unpaired) electrons. The van der Waals surface area contributed by atoms with Crippen molar-refractivity contribution in [2.75, 3.05) is 0 Å². The zero-order valence-electron chi connectivity index (χ0n) is 15.1. The Morgan fingerprint density at radius 1 is 0.862 bits per heavy atom. The Hall–Kier alpha value is -3.45. The van der Waals surface area contributed by atoms with Crippen molar-refractivity contribution >= 4 is 33.7 Å². The van der Waals surface area contributed by atoms with Gasteiger partial charge in [-0.2, -0.15) is 5.01 Å². The van der Waals surface area contributed by atoms with E-state index in [-0.39, 0.29) is 23.3 Å². The first-order chi connectivity index (χ1) is 14.0. The van der Waals surface area contributed by atoms with Crippen molar-refractivity contribution in [2.45, 2.75) is 6.61 Å². The lowest BCUT2D eigenvalue weighted by Gasteiger charge is -2.17. The molecule has 0 aliphatic carbocycles. The molecule has 1 aliphatic heterocycles. The van der Waals surface area contributed by atoms with Gasteiger partial charge in [0.25, 0.3) is 17.7 Å². The van der Waals surface area contributed by atoms with Gasteiger partial charge < -0.3 is 4.74 Å². The number of fused-ring (bicyclic) bond motifs is 1. The average Bonchev–Trinajstić information content (AvgIpc) is 2.98. The van der Waals surface area contributed by atoms with Crippen LogP contribution >= 0.6 is 15.9 Å². The van der Waals surface area contributed by atoms with Crippen LogP contribution in [0.25, 0.3) is 0 Å². The minimum absolute atomic E-state index is 0.223. The molecule has 6 nitrogen and oxygen atoms in total. The maximum absolute atomic E-state index is 12.8. The SMILES string of the molecule is O=C(NN1C(=O)c2ccccc2C1=O)c1ccccc1OCc1ccc(Br)cc1. The van der Waals surface area contributed by atoms with E-state index in [0.717, 1.165) is 15.0 Å². The number of benzene rings is 3. The molecule has 0 fully saturated rings. The van der Waals surface area contributed by atoms with Crippen LogP contribution in [-0.2, 0) is 6.61 Å². The largest absolute Gasteiger partial charge is 0.488 e. The molecule has 0 saturated carbocycles. The van der Waals surface area contributed by atoms with E-state index < -0.39 is 17.7 Å². The van der Waals surface area contributed by atoms with Crippen molar-refractivity contribution in [1.29, 1.82) is 0 Å². The normalized spacial score (nSPS) is 12.7. The van der Waals surface area contributed by atoms with Crippen LogP contribution in [0.4, 0.5) is 0 Å². The summed E-state index contributed by atoms with van der Waals surface area (Å²) in [4.78, 5) is 37.7. The van der Waals surface area contributed by atoms with Crippen molar-refractivity contribution in [1.82, 2.24) is 10.4 Å². The van der Waals surface area contributed by atoms with Gasteiger partial charge in [-0.3, -0.25) is 19.8 Å². The lowest BCUT2D eigenvalue weighted by molar-refractivity contribution is 0.0516. The number of amides is 3. The van der Waals surface area contributed by atoms with Gasteiger partial charge in [0.2, 0.25) is 0 Å². The average molecular weight is 451 g/mol. The molecule has 3 amide bonds. The Morgan fingerprint density at radius 2 is 1.45 bits per heavy atom. The number of carbonyl (C=O) groups excluding carboxylic acids is 3. The molecule has 144 valence electrons. The van der Waals surface area contributed by atoms with Crippen LogP contribution < -0.4 is 10.2 Å². The predicted octanol–water partition coefficient (Wildman–Crippen LogP) is 3.97. The molecule has 0 bridgehead atoms. The van der Waals surface area contributed by atoms with Gasteiger partial charge in [0, 0.05) is 4.47 Å². The fraction of sp³-hybridized carbons (Fsp3) is 0.0455. The topological polar surface area (TPSA) is 75.7 Å². The molecule has 0 unspecified atom stereocenters. The van der Waals surface area contributed by atoms with E-state index in [0.29, 0.717) is 5.75 Å². The first-order valence-electron chi connectivity index (χ1n) is 8.79. The number of rotatable bonds is 5. The minimum atomic E-state index is -0.606. The van der Waals surface area contributed by atoms with E-state index >= 15 is 0 Å². The molecule has 29 heavy (non-hydrogen) atoms. The molecule has 0 atom stereocenters. The van der Waals surface area contributed by atoms with E-state index in [9.17, 15) is 14.4 Å². The fourth-order valence-electron chi connectivity index (χ4n) is 2.97. The molecule has 1 heterocycles. The second-order valence-electron chi connectivity index (χ2n) is 6.34. The van der Waals surface area contributed by atoms with E-state index in [2.05, 4.69) is 21.4 Å². The fourth-order valence-corrected chi connectivity index (χ4v) is 3.24. The highest BCUT2D eigenvalue weighted by Crippen LogP contribution is 2.23. The van der Waals surface area contributed by atoms with E-state index in [1.807, 2.05) is 24.3 Å². The molecule has 7 heteroatoms. The highest BCUT2D eigenvalue weighted by molar-refractivity contribution is 9.10. The summed E-state index contributed by atoms with van der Waals surface area (Å²) in [6, 6.07) is 20.7. The van der Waals surface area contributed by atoms with Crippen LogP contribution in [0.3, 0.4) is 0 Å². The second-order valence-corrected chi connectivity index (χ2v) is 7.26. The Bertz CT molecular complexity index is 1080. The van der Waals surface area contributed by atoms with Crippen molar-refractivity contribution in [2.24, 2.45) is 0 Å². The summed E-state index contributed by atoms with van der Waals surface area (Å²) in [5.41, 5.74) is 4.08. The van der Waals surface area contributed by atoms with E-state index in [4.69, 9.17) is 4.74 Å². The Kier molecular flexibility index (Phi) is 5.14. The number of ether oxygens (including phenoxy) is 1. The van der Waals surface area contributed by atoms with Crippen molar-refractivity contribution in [3.63, 3.8) is 0 Å². The predicted molar refractivity (Wildman–Crippen MR) is 109 cm³/mol. The van der Waals surface area contributed by atoms with E-state index in [1.54, 1.807) is 48.5 Å². The lowest BCUT2D eigenvalue weighted by atomic mass is 10.1. The number of halogens is 1. The standard InChI is InChI=1S/C22H15BrN2O4/c23-15-11-9-14(10-12-15)13-29-19-8-4-3-7-18(19)20(26)24-25-21(27)16-5-1-2-6-17(16)22(25)28/h1-12H,13H2,(H,24,26). The number of hydrazine groups is 1. The molecule has 3 aromatic carbocycles. The quantitative estimate of drug-likeness (QED) is 0.596. The van der Waals surface area contributed by atoms with Crippen LogP contribution in [0.1, 0.15) is 36.6 Å². The molecule has 1 N–H and O–H groups in total. The summed E-state index contributed by atoms with van der Waals surface area (Å²) in [7, 11) is 0. The molecule has 0 spiro atoms. The van der Waals surface area contributed by atoms with Gasteiger partial charge in [-0.05, 0) is 42.0 Å². The molecular formula is C22H15BrN2O4. The van der Waals surface area contributed by atoms with Crippen LogP contribution in [0.15, 0.2) is 77.3 Å². The smallest absolute Gasteiger partial charge is 0.280 e. The monoisotopic (exact) mass is 450 g/mol. The van der Waals surface area contributed by atoms with Gasteiger partial charge in [-0.1, -0.05) is 52.3 Å². The Labute approximate surface area is 175 Å². The number of hydrogen-bond donors (Lipinski definition) is 1. The summed E-state index contributed by atoms with van der Waals surface area (Å²) in [6.07, 6.45) is 0. The van der Waals surface area contributed by atoms with Crippen molar-refractivity contribution < 1.29 is 19.1 Å². The van der Waals surface area contributed by atoms with Crippen LogP contribution in [-0.4, -0.2) is 22.7 Å². The van der Waals surface area contributed by atoms with Gasteiger partial charge in [0.05, 0.1) is 16.7 Å². The van der Waals surface area contributed by atoms with Crippen molar-refractivity contribution in [3.05, 3.63) is 99.5 Å². The second kappa shape index (κ2) is 7.89. The summed E-state index contributed by atoms with van der Waals surface area (Å²) >= 11 is 3.38. The summed E-state index contributed by atoms with van der Waals surface area (Å²) in [6.45, 7) is 0.268. The lowest BCUT2D eigenvalue weighted by Crippen LogP contribution is -2.45. The minimum Gasteiger partial charge on any atom is -0.488 e. The number of para-hydroxylation sites is 1. The highest BCUT2D eigenvalue weighted by atomic mass is 79.9. The Morgan fingerprint density at radius 3 is 2.10 bits per heavy atom. The molecular weight excluding hydrogens is 436 g/mol. The molecule has 4 rings (SSSR count).